The molecule has 0 atom stereocenters. The SMILES string of the molecule is O=C(O)CC#Cc1cc(Br)cc(C(=O)O)c1. The molecular weight excluding hydrogens is 276 g/mol. The molecule has 1 aromatic carbocycles. The van der Waals surface area contributed by atoms with Crippen LogP contribution in [0.4, 0.5) is 0 Å². The molecule has 0 aliphatic rings. The summed E-state index contributed by atoms with van der Waals surface area (Å²) in [6, 6.07) is 4.47. The van der Waals surface area contributed by atoms with Crippen LogP contribution in [0.5, 0.6) is 0 Å². The number of carbonyl (C=O) groups is 2. The van der Waals surface area contributed by atoms with Crippen molar-refractivity contribution in [2.75, 3.05) is 0 Å². The lowest BCUT2D eigenvalue weighted by Crippen LogP contribution is -1.96. The van der Waals surface area contributed by atoms with Crippen LogP contribution in [-0.4, -0.2) is 22.2 Å². The average Bonchev–Trinajstić information content (AvgIpc) is 2.16. The van der Waals surface area contributed by atoms with E-state index in [1.165, 1.54) is 12.1 Å². The van der Waals surface area contributed by atoms with Gasteiger partial charge in [0.2, 0.25) is 0 Å². The number of hydrogen-bond donors (Lipinski definition) is 2. The fraction of sp³-hybridized carbons (Fsp3) is 0.0909. The molecule has 0 spiro atoms. The molecule has 1 aromatic rings. The summed E-state index contributed by atoms with van der Waals surface area (Å²) < 4.78 is 0.590. The van der Waals surface area contributed by atoms with Gasteiger partial charge in [0.25, 0.3) is 0 Å². The maximum atomic E-state index is 10.7. The summed E-state index contributed by atoms with van der Waals surface area (Å²) in [7, 11) is 0. The first kappa shape index (κ1) is 12.3. The van der Waals surface area contributed by atoms with Gasteiger partial charge in [-0.3, -0.25) is 4.79 Å². The van der Waals surface area contributed by atoms with Crippen molar-refractivity contribution in [2.24, 2.45) is 0 Å². The van der Waals surface area contributed by atoms with Gasteiger partial charge in [0.15, 0.2) is 0 Å². The van der Waals surface area contributed by atoms with Crippen molar-refractivity contribution in [3.63, 3.8) is 0 Å². The van der Waals surface area contributed by atoms with E-state index in [4.69, 9.17) is 10.2 Å². The topological polar surface area (TPSA) is 74.6 Å². The molecule has 0 bridgehead atoms. The van der Waals surface area contributed by atoms with E-state index in [2.05, 4.69) is 27.8 Å². The molecule has 0 aliphatic carbocycles. The standard InChI is InChI=1S/C11H7BrO4/c12-9-5-7(2-1-3-10(13)14)4-8(6-9)11(15)16/h4-6H,3H2,(H,13,14)(H,15,16). The van der Waals surface area contributed by atoms with Gasteiger partial charge in [-0.15, -0.1) is 0 Å². The predicted octanol–water partition coefficient (Wildman–Crippen LogP) is 1.97. The van der Waals surface area contributed by atoms with Gasteiger partial charge in [-0.25, -0.2) is 4.79 Å². The fourth-order valence-corrected chi connectivity index (χ4v) is 1.50. The molecule has 0 heterocycles. The number of aliphatic carboxylic acids is 1. The van der Waals surface area contributed by atoms with Crippen molar-refractivity contribution in [3.05, 3.63) is 33.8 Å². The van der Waals surface area contributed by atoms with Gasteiger partial charge in [-0.2, -0.15) is 0 Å². The van der Waals surface area contributed by atoms with Gasteiger partial charge in [0.05, 0.1) is 5.56 Å². The van der Waals surface area contributed by atoms with Crippen molar-refractivity contribution in [2.45, 2.75) is 6.42 Å². The minimum absolute atomic E-state index is 0.106. The molecule has 0 aromatic heterocycles. The van der Waals surface area contributed by atoms with Crippen LogP contribution >= 0.6 is 15.9 Å². The monoisotopic (exact) mass is 282 g/mol. The maximum absolute atomic E-state index is 10.7. The highest BCUT2D eigenvalue weighted by Crippen LogP contribution is 2.15. The Labute approximate surface area is 100 Å². The highest BCUT2D eigenvalue weighted by atomic mass is 79.9. The first-order chi connectivity index (χ1) is 7.49. The molecule has 0 radical (unpaired) electrons. The lowest BCUT2D eigenvalue weighted by molar-refractivity contribution is -0.135. The van der Waals surface area contributed by atoms with Crippen molar-refractivity contribution < 1.29 is 19.8 Å². The second-order valence-corrected chi connectivity index (χ2v) is 3.82. The number of carboxylic acid groups (broad SMARTS) is 2. The molecule has 0 unspecified atom stereocenters. The van der Waals surface area contributed by atoms with E-state index in [1.807, 2.05) is 0 Å². The van der Waals surface area contributed by atoms with Crippen LogP contribution in [-0.2, 0) is 4.79 Å². The first-order valence-corrected chi connectivity index (χ1v) is 5.03. The lowest BCUT2D eigenvalue weighted by Gasteiger charge is -1.97. The Hall–Kier alpha value is -1.80. The molecule has 0 saturated carbocycles. The van der Waals surface area contributed by atoms with Gasteiger partial charge in [0.1, 0.15) is 6.42 Å². The third-order valence-corrected chi connectivity index (χ3v) is 2.07. The minimum atomic E-state index is -1.05. The van der Waals surface area contributed by atoms with Gasteiger partial charge >= 0.3 is 11.9 Å². The number of carboxylic acids is 2. The molecule has 4 nitrogen and oxygen atoms in total. The van der Waals surface area contributed by atoms with Crippen molar-refractivity contribution in [1.29, 1.82) is 0 Å². The fourth-order valence-electron chi connectivity index (χ4n) is 1.01. The third kappa shape index (κ3) is 3.75. The summed E-state index contributed by atoms with van der Waals surface area (Å²) in [4.78, 5) is 21.0. The molecule has 16 heavy (non-hydrogen) atoms. The number of benzene rings is 1. The molecule has 0 aliphatic heterocycles. The Morgan fingerprint density at radius 2 is 1.94 bits per heavy atom. The van der Waals surface area contributed by atoms with Crippen LogP contribution in [0.25, 0.3) is 0 Å². The van der Waals surface area contributed by atoms with Gasteiger partial charge in [-0.1, -0.05) is 27.8 Å². The van der Waals surface area contributed by atoms with Crippen molar-refractivity contribution >= 4 is 27.9 Å². The molecule has 0 amide bonds. The highest BCUT2D eigenvalue weighted by Gasteiger charge is 2.04. The van der Waals surface area contributed by atoms with E-state index >= 15 is 0 Å². The van der Waals surface area contributed by atoms with Crippen LogP contribution < -0.4 is 0 Å². The molecule has 82 valence electrons. The van der Waals surface area contributed by atoms with Gasteiger partial charge < -0.3 is 10.2 Å². The number of rotatable bonds is 2. The highest BCUT2D eigenvalue weighted by molar-refractivity contribution is 9.10. The summed E-state index contributed by atoms with van der Waals surface area (Å²) in [5.74, 6) is 2.95. The normalized spacial score (nSPS) is 9.06. The average molecular weight is 283 g/mol. The quantitative estimate of drug-likeness (QED) is 0.814. The van der Waals surface area contributed by atoms with E-state index < -0.39 is 11.9 Å². The summed E-state index contributed by atoms with van der Waals surface area (Å²) >= 11 is 3.15. The number of aromatic carboxylic acids is 1. The smallest absolute Gasteiger partial charge is 0.335 e. The molecule has 5 heteroatoms. The Morgan fingerprint density at radius 3 is 2.50 bits per heavy atom. The predicted molar refractivity (Wildman–Crippen MR) is 60.2 cm³/mol. The van der Waals surface area contributed by atoms with Crippen LogP contribution in [0, 0.1) is 11.8 Å². The number of halogens is 1. The van der Waals surface area contributed by atoms with E-state index in [0.717, 1.165) is 0 Å². The molecule has 1 rings (SSSR count). The maximum Gasteiger partial charge on any atom is 0.335 e. The van der Waals surface area contributed by atoms with Crippen LogP contribution in [0.1, 0.15) is 22.3 Å². The van der Waals surface area contributed by atoms with Crippen molar-refractivity contribution in [1.82, 2.24) is 0 Å². The Kier molecular flexibility index (Phi) is 4.09. The molecular formula is C11H7BrO4. The summed E-state index contributed by atoms with van der Waals surface area (Å²) in [6.07, 6.45) is -0.269. The zero-order chi connectivity index (χ0) is 12.1. The molecule has 0 fully saturated rings. The second-order valence-electron chi connectivity index (χ2n) is 2.91. The second kappa shape index (κ2) is 5.33. The van der Waals surface area contributed by atoms with Gasteiger partial charge in [-0.05, 0) is 18.2 Å². The van der Waals surface area contributed by atoms with E-state index in [0.29, 0.717) is 10.0 Å². The first-order valence-electron chi connectivity index (χ1n) is 4.23. The van der Waals surface area contributed by atoms with E-state index in [9.17, 15) is 9.59 Å². The van der Waals surface area contributed by atoms with Crippen LogP contribution in [0.15, 0.2) is 22.7 Å². The zero-order valence-electron chi connectivity index (χ0n) is 8.03. The summed E-state index contributed by atoms with van der Waals surface area (Å²) in [6.45, 7) is 0. The van der Waals surface area contributed by atoms with Gasteiger partial charge in [0, 0.05) is 10.0 Å². The van der Waals surface area contributed by atoms with Crippen LogP contribution in [0.3, 0.4) is 0 Å². The van der Waals surface area contributed by atoms with E-state index in [-0.39, 0.29) is 12.0 Å². The largest absolute Gasteiger partial charge is 0.481 e. The number of hydrogen-bond acceptors (Lipinski definition) is 2. The minimum Gasteiger partial charge on any atom is -0.481 e. The zero-order valence-corrected chi connectivity index (χ0v) is 9.61. The Morgan fingerprint density at radius 1 is 1.25 bits per heavy atom. The van der Waals surface area contributed by atoms with Crippen LogP contribution in [0.2, 0.25) is 0 Å². The third-order valence-electron chi connectivity index (χ3n) is 1.62. The molecule has 0 saturated heterocycles. The van der Waals surface area contributed by atoms with Crippen molar-refractivity contribution in [3.8, 4) is 11.8 Å². The van der Waals surface area contributed by atoms with E-state index in [1.54, 1.807) is 6.07 Å². The summed E-state index contributed by atoms with van der Waals surface area (Å²) in [5.41, 5.74) is 0.571. The lowest BCUT2D eigenvalue weighted by atomic mass is 10.1. The Balaban J connectivity index is 2.99. The summed E-state index contributed by atoms with van der Waals surface area (Å²) in [5, 5.41) is 17.2. The Bertz CT molecular complexity index is 496. The molecule has 2 N–H and O–H groups in total.